The second-order valence-corrected chi connectivity index (χ2v) is 5.65. The Hall–Kier alpha value is -1.99. The van der Waals surface area contributed by atoms with Gasteiger partial charge in [0.05, 0.1) is 11.3 Å². The molecule has 0 saturated carbocycles. The van der Waals surface area contributed by atoms with E-state index in [1.807, 2.05) is 38.1 Å². The summed E-state index contributed by atoms with van der Waals surface area (Å²) in [6.07, 6.45) is 0. The van der Waals surface area contributed by atoms with E-state index in [9.17, 15) is 5.11 Å². The number of benzene rings is 2. The number of aromatic hydroxyl groups is 1. The third kappa shape index (κ3) is 3.12. The maximum Gasteiger partial charge on any atom is 0.121 e. The van der Waals surface area contributed by atoms with Gasteiger partial charge in [0.2, 0.25) is 0 Å². The second kappa shape index (κ2) is 5.98. The average molecular weight is 331 g/mol. The van der Waals surface area contributed by atoms with Gasteiger partial charge in [-0.25, -0.2) is 0 Å². The number of rotatable bonds is 3. The Labute approximate surface area is 127 Å². The van der Waals surface area contributed by atoms with E-state index in [0.29, 0.717) is 17.9 Å². The van der Waals surface area contributed by atoms with Gasteiger partial charge < -0.3 is 10.4 Å². The Morgan fingerprint density at radius 3 is 2.45 bits per heavy atom. The Bertz CT molecular complexity index is 666. The zero-order valence-electron chi connectivity index (χ0n) is 11.4. The molecule has 0 aliphatic rings. The maximum atomic E-state index is 9.76. The number of phenolic OH excluding ortho intramolecular Hbond substituents is 1. The fourth-order valence-corrected chi connectivity index (χ4v) is 2.47. The Morgan fingerprint density at radius 2 is 1.85 bits per heavy atom. The van der Waals surface area contributed by atoms with Crippen LogP contribution in [0.4, 0.5) is 5.69 Å². The molecule has 0 aromatic heterocycles. The monoisotopic (exact) mass is 330 g/mol. The van der Waals surface area contributed by atoms with Crippen molar-refractivity contribution in [3.63, 3.8) is 0 Å². The molecule has 0 fully saturated rings. The predicted octanol–water partition coefficient (Wildman–Crippen LogP) is 4.26. The first-order valence-corrected chi connectivity index (χ1v) is 7.03. The van der Waals surface area contributed by atoms with Gasteiger partial charge >= 0.3 is 0 Å². The number of anilines is 1. The van der Waals surface area contributed by atoms with E-state index in [2.05, 4.69) is 27.3 Å². The molecule has 4 heteroatoms. The predicted molar refractivity (Wildman–Crippen MR) is 83.8 cm³/mol. The van der Waals surface area contributed by atoms with Crippen LogP contribution in [-0.4, -0.2) is 5.11 Å². The van der Waals surface area contributed by atoms with Gasteiger partial charge in [-0.1, -0.05) is 28.1 Å². The smallest absolute Gasteiger partial charge is 0.121 e. The quantitative estimate of drug-likeness (QED) is 0.884. The molecule has 102 valence electrons. The number of hydrogen-bond donors (Lipinski definition) is 2. The first-order chi connectivity index (χ1) is 9.51. The van der Waals surface area contributed by atoms with Gasteiger partial charge in [0.1, 0.15) is 11.8 Å². The molecule has 0 radical (unpaired) electrons. The van der Waals surface area contributed by atoms with Crippen molar-refractivity contribution < 1.29 is 5.11 Å². The minimum atomic E-state index is 0.343. The molecule has 0 heterocycles. The van der Waals surface area contributed by atoms with E-state index in [1.54, 1.807) is 6.07 Å². The Kier molecular flexibility index (Phi) is 4.31. The van der Waals surface area contributed by atoms with Gasteiger partial charge in [0.15, 0.2) is 0 Å². The van der Waals surface area contributed by atoms with Crippen LogP contribution in [0.25, 0.3) is 0 Å². The van der Waals surface area contributed by atoms with E-state index in [1.165, 1.54) is 0 Å². The molecular formula is C16H15BrN2O. The zero-order valence-corrected chi connectivity index (χ0v) is 13.0. The van der Waals surface area contributed by atoms with Gasteiger partial charge in [0.25, 0.3) is 0 Å². The Morgan fingerprint density at radius 1 is 1.20 bits per heavy atom. The molecule has 0 aliphatic heterocycles. The third-order valence-corrected chi connectivity index (χ3v) is 3.63. The minimum absolute atomic E-state index is 0.343. The number of hydrogen-bond acceptors (Lipinski definition) is 3. The van der Waals surface area contributed by atoms with Gasteiger partial charge in [-0.15, -0.1) is 0 Å². The van der Waals surface area contributed by atoms with Crippen LogP contribution in [0, 0.1) is 25.2 Å². The van der Waals surface area contributed by atoms with Crippen LogP contribution in [0.1, 0.15) is 22.3 Å². The van der Waals surface area contributed by atoms with Gasteiger partial charge in [-0.05, 0) is 48.7 Å². The van der Waals surface area contributed by atoms with Crippen molar-refractivity contribution in [1.82, 2.24) is 0 Å². The summed E-state index contributed by atoms with van der Waals surface area (Å²) >= 11 is 3.35. The highest BCUT2D eigenvalue weighted by Gasteiger charge is 2.05. The number of phenols is 1. The summed E-state index contributed by atoms with van der Waals surface area (Å²) in [5.41, 5.74) is 4.20. The molecule has 0 aliphatic carbocycles. The summed E-state index contributed by atoms with van der Waals surface area (Å²) in [4.78, 5) is 0. The number of nitriles is 1. The van der Waals surface area contributed by atoms with Gasteiger partial charge in [0, 0.05) is 11.0 Å². The van der Waals surface area contributed by atoms with Crippen LogP contribution in [-0.2, 0) is 6.54 Å². The molecule has 3 nitrogen and oxygen atoms in total. The largest absolute Gasteiger partial charge is 0.507 e. The highest BCUT2D eigenvalue weighted by molar-refractivity contribution is 9.10. The van der Waals surface area contributed by atoms with Crippen molar-refractivity contribution in [2.24, 2.45) is 0 Å². The summed E-state index contributed by atoms with van der Waals surface area (Å²) in [7, 11) is 0. The SMILES string of the molecule is Cc1cc(CNc2ccc(Br)cc2C#N)cc(C)c1O. The van der Waals surface area contributed by atoms with Crippen molar-refractivity contribution in [3.05, 3.63) is 57.1 Å². The molecule has 2 rings (SSSR count). The van der Waals surface area contributed by atoms with Crippen LogP contribution in [0.15, 0.2) is 34.8 Å². The van der Waals surface area contributed by atoms with Crippen LogP contribution in [0.2, 0.25) is 0 Å². The van der Waals surface area contributed by atoms with Crippen molar-refractivity contribution in [3.8, 4) is 11.8 Å². The molecule has 2 aromatic rings. The molecule has 0 spiro atoms. The van der Waals surface area contributed by atoms with Crippen LogP contribution >= 0.6 is 15.9 Å². The summed E-state index contributed by atoms with van der Waals surface area (Å²) in [6, 6.07) is 11.6. The maximum absolute atomic E-state index is 9.76. The minimum Gasteiger partial charge on any atom is -0.507 e. The summed E-state index contributed by atoms with van der Waals surface area (Å²) in [5, 5.41) is 22.1. The third-order valence-electron chi connectivity index (χ3n) is 3.14. The van der Waals surface area contributed by atoms with E-state index in [4.69, 9.17) is 5.26 Å². The highest BCUT2D eigenvalue weighted by Crippen LogP contribution is 2.24. The van der Waals surface area contributed by atoms with E-state index < -0.39 is 0 Å². The number of nitrogens with zero attached hydrogens (tertiary/aromatic N) is 1. The van der Waals surface area contributed by atoms with E-state index in [0.717, 1.165) is 26.9 Å². The van der Waals surface area contributed by atoms with Gasteiger partial charge in [-0.2, -0.15) is 5.26 Å². The molecule has 2 N–H and O–H groups in total. The van der Waals surface area contributed by atoms with E-state index in [-0.39, 0.29) is 0 Å². The molecule has 0 unspecified atom stereocenters. The second-order valence-electron chi connectivity index (χ2n) is 4.73. The lowest BCUT2D eigenvalue weighted by Crippen LogP contribution is -2.02. The topological polar surface area (TPSA) is 56.0 Å². The molecule has 0 saturated heterocycles. The molecule has 0 bridgehead atoms. The lowest BCUT2D eigenvalue weighted by atomic mass is 10.1. The van der Waals surface area contributed by atoms with E-state index >= 15 is 0 Å². The molecule has 0 amide bonds. The summed E-state index contributed by atoms with van der Waals surface area (Å²) in [6.45, 7) is 4.37. The lowest BCUT2D eigenvalue weighted by molar-refractivity contribution is 0.466. The first-order valence-electron chi connectivity index (χ1n) is 6.24. The standard InChI is InChI=1S/C16H15BrN2O/c1-10-5-12(6-11(2)16(10)20)9-19-15-4-3-14(17)7-13(15)8-18/h3-7,19-20H,9H2,1-2H3. The van der Waals surface area contributed by atoms with Crippen molar-refractivity contribution in [2.45, 2.75) is 20.4 Å². The zero-order chi connectivity index (χ0) is 14.7. The van der Waals surface area contributed by atoms with Crippen molar-refractivity contribution in [1.29, 1.82) is 5.26 Å². The van der Waals surface area contributed by atoms with Crippen molar-refractivity contribution in [2.75, 3.05) is 5.32 Å². The first kappa shape index (κ1) is 14.4. The molecular weight excluding hydrogens is 316 g/mol. The lowest BCUT2D eigenvalue weighted by Gasteiger charge is -2.11. The Balaban J connectivity index is 2.19. The van der Waals surface area contributed by atoms with Crippen LogP contribution in [0.5, 0.6) is 5.75 Å². The van der Waals surface area contributed by atoms with Gasteiger partial charge in [-0.3, -0.25) is 0 Å². The molecule has 0 atom stereocenters. The number of aryl methyl sites for hydroxylation is 2. The average Bonchev–Trinajstić information content (AvgIpc) is 2.43. The molecule has 20 heavy (non-hydrogen) atoms. The number of halogens is 1. The fourth-order valence-electron chi connectivity index (χ4n) is 2.11. The van der Waals surface area contributed by atoms with Crippen molar-refractivity contribution >= 4 is 21.6 Å². The van der Waals surface area contributed by atoms with Crippen LogP contribution in [0.3, 0.4) is 0 Å². The normalized spacial score (nSPS) is 10.1. The summed E-state index contributed by atoms with van der Waals surface area (Å²) < 4.78 is 0.885. The summed E-state index contributed by atoms with van der Waals surface area (Å²) in [5.74, 6) is 0.343. The number of nitrogens with one attached hydrogen (secondary N) is 1. The molecule has 2 aromatic carbocycles. The van der Waals surface area contributed by atoms with Crippen LogP contribution < -0.4 is 5.32 Å². The highest BCUT2D eigenvalue weighted by atomic mass is 79.9. The fraction of sp³-hybridized carbons (Fsp3) is 0.188.